The number of nitrogens with zero attached hydrogens (tertiary/aromatic N) is 1. The van der Waals surface area contributed by atoms with E-state index in [4.69, 9.17) is 0 Å². The van der Waals surface area contributed by atoms with Gasteiger partial charge < -0.3 is 5.32 Å². The van der Waals surface area contributed by atoms with Gasteiger partial charge in [0.15, 0.2) is 11.2 Å². The maximum absolute atomic E-state index is 13.6. The summed E-state index contributed by atoms with van der Waals surface area (Å²) in [7, 11) is -3.97. The highest BCUT2D eigenvalue weighted by Crippen LogP contribution is 2.48. The number of nitrogens with one attached hydrogen (secondary N) is 1. The van der Waals surface area contributed by atoms with Crippen molar-refractivity contribution in [3.05, 3.63) is 89.5 Å². The van der Waals surface area contributed by atoms with E-state index < -0.39 is 27.1 Å². The van der Waals surface area contributed by atoms with E-state index in [9.17, 15) is 18.0 Å². The number of para-hydroxylation sites is 2. The first-order valence-electron chi connectivity index (χ1n) is 9.50. The topological polar surface area (TPSA) is 83.6 Å². The molecule has 0 saturated heterocycles. The van der Waals surface area contributed by atoms with Crippen LogP contribution in [0.1, 0.15) is 21.5 Å². The van der Waals surface area contributed by atoms with Gasteiger partial charge in [-0.3, -0.25) is 13.9 Å². The third kappa shape index (κ3) is 2.39. The maximum Gasteiger partial charge on any atom is 0.264 e. The number of anilines is 2. The number of sulfonamides is 1. The Morgan fingerprint density at radius 2 is 1.57 bits per heavy atom. The summed E-state index contributed by atoms with van der Waals surface area (Å²) in [4.78, 5) is 27.0. The minimum atomic E-state index is -3.97. The average Bonchev–Trinajstić information content (AvgIpc) is 3.10. The van der Waals surface area contributed by atoms with Gasteiger partial charge in [-0.2, -0.15) is 0 Å². The lowest BCUT2D eigenvalue weighted by molar-refractivity contribution is -0.119. The quantitative estimate of drug-likeness (QED) is 0.648. The Labute approximate surface area is 174 Å². The molecule has 2 aliphatic rings. The zero-order valence-corrected chi connectivity index (χ0v) is 16.9. The predicted octanol–water partition coefficient (Wildman–Crippen LogP) is 3.28. The fraction of sp³-hybridized carbons (Fsp3) is 0.130. The van der Waals surface area contributed by atoms with Crippen molar-refractivity contribution in [2.75, 3.05) is 16.2 Å². The number of hydrogen-bond donors (Lipinski definition) is 1. The summed E-state index contributed by atoms with van der Waals surface area (Å²) < 4.78 is 28.1. The van der Waals surface area contributed by atoms with Crippen LogP contribution >= 0.6 is 0 Å². The minimum absolute atomic E-state index is 0.115. The highest BCUT2D eigenvalue weighted by molar-refractivity contribution is 7.92. The van der Waals surface area contributed by atoms with Crippen molar-refractivity contribution in [3.63, 3.8) is 0 Å². The molecule has 1 amide bonds. The first kappa shape index (κ1) is 18.6. The molecule has 0 fully saturated rings. The lowest BCUT2D eigenvalue weighted by atomic mass is 9.72. The number of aryl methyl sites for hydroxylation is 1. The Morgan fingerprint density at radius 1 is 0.900 bits per heavy atom. The monoisotopic (exact) mass is 418 g/mol. The van der Waals surface area contributed by atoms with Crippen molar-refractivity contribution < 1.29 is 18.0 Å². The Kier molecular flexibility index (Phi) is 3.88. The van der Waals surface area contributed by atoms with Gasteiger partial charge in [0.1, 0.15) is 0 Å². The van der Waals surface area contributed by atoms with Crippen LogP contribution in [0.15, 0.2) is 77.7 Å². The second-order valence-corrected chi connectivity index (χ2v) is 9.44. The predicted molar refractivity (Wildman–Crippen MR) is 113 cm³/mol. The molecule has 6 nitrogen and oxygen atoms in total. The number of Topliss-reactive ketones (excluding diaryl/α,β-unsaturated/α-hetero) is 1. The number of fused-ring (bicyclic) bond motifs is 3. The SMILES string of the molecule is Cc1ccc(S(=O)(=O)N2CC3(C(=O)Nc4ccccc4C3=O)c3ccccc32)cc1. The molecule has 1 spiro atoms. The van der Waals surface area contributed by atoms with Crippen LogP contribution in [0.4, 0.5) is 11.4 Å². The average molecular weight is 418 g/mol. The number of carbonyl (C=O) groups is 2. The van der Waals surface area contributed by atoms with E-state index in [1.807, 2.05) is 6.92 Å². The van der Waals surface area contributed by atoms with Gasteiger partial charge in [0.2, 0.25) is 5.91 Å². The fourth-order valence-electron chi connectivity index (χ4n) is 4.23. The largest absolute Gasteiger partial charge is 0.324 e. The lowest BCUT2D eigenvalue weighted by Gasteiger charge is -2.32. The molecule has 0 aromatic heterocycles. The summed E-state index contributed by atoms with van der Waals surface area (Å²) in [6.45, 7) is 1.60. The molecule has 1 atom stereocenters. The van der Waals surface area contributed by atoms with Crippen molar-refractivity contribution in [3.8, 4) is 0 Å². The highest BCUT2D eigenvalue weighted by Gasteiger charge is 2.58. The van der Waals surface area contributed by atoms with Crippen molar-refractivity contribution in [1.82, 2.24) is 0 Å². The molecule has 1 N–H and O–H groups in total. The molecule has 0 radical (unpaired) electrons. The Hall–Kier alpha value is -3.45. The lowest BCUT2D eigenvalue weighted by Crippen LogP contribution is -2.53. The smallest absolute Gasteiger partial charge is 0.264 e. The summed E-state index contributed by atoms with van der Waals surface area (Å²) in [6.07, 6.45) is 0. The molecule has 150 valence electrons. The molecule has 7 heteroatoms. The number of benzene rings is 3. The van der Waals surface area contributed by atoms with Crippen LogP contribution in [-0.4, -0.2) is 26.7 Å². The summed E-state index contributed by atoms with van der Waals surface area (Å²) >= 11 is 0. The van der Waals surface area contributed by atoms with Gasteiger partial charge >= 0.3 is 0 Å². The molecule has 0 bridgehead atoms. The zero-order valence-electron chi connectivity index (χ0n) is 16.1. The summed E-state index contributed by atoms with van der Waals surface area (Å²) in [6, 6.07) is 20.0. The molecule has 3 aromatic carbocycles. The van der Waals surface area contributed by atoms with Gasteiger partial charge in [0, 0.05) is 11.1 Å². The van der Waals surface area contributed by atoms with Crippen LogP contribution in [0.3, 0.4) is 0 Å². The van der Waals surface area contributed by atoms with Gasteiger partial charge in [0.05, 0.1) is 22.8 Å². The van der Waals surface area contributed by atoms with E-state index in [2.05, 4.69) is 5.32 Å². The van der Waals surface area contributed by atoms with Crippen LogP contribution in [0, 0.1) is 6.92 Å². The first-order valence-corrected chi connectivity index (χ1v) is 10.9. The molecular weight excluding hydrogens is 400 g/mol. The van der Waals surface area contributed by atoms with Crippen LogP contribution in [0.2, 0.25) is 0 Å². The van der Waals surface area contributed by atoms with E-state index in [1.165, 1.54) is 16.4 Å². The van der Waals surface area contributed by atoms with E-state index in [-0.39, 0.29) is 11.4 Å². The first-order chi connectivity index (χ1) is 14.4. The van der Waals surface area contributed by atoms with Gasteiger partial charge in [-0.05, 0) is 37.3 Å². The number of ketones is 1. The van der Waals surface area contributed by atoms with Crippen LogP contribution in [0.5, 0.6) is 0 Å². The molecule has 0 aliphatic carbocycles. The van der Waals surface area contributed by atoms with Gasteiger partial charge in [0.25, 0.3) is 10.0 Å². The Balaban J connectivity index is 1.70. The molecule has 0 saturated carbocycles. The molecule has 3 aromatic rings. The van der Waals surface area contributed by atoms with Gasteiger partial charge in [-0.15, -0.1) is 0 Å². The third-order valence-electron chi connectivity index (χ3n) is 5.82. The van der Waals surface area contributed by atoms with Gasteiger partial charge in [-0.1, -0.05) is 48.0 Å². The third-order valence-corrected chi connectivity index (χ3v) is 7.59. The van der Waals surface area contributed by atoms with Crippen LogP contribution in [0.25, 0.3) is 0 Å². The van der Waals surface area contributed by atoms with E-state index in [0.29, 0.717) is 22.5 Å². The molecule has 30 heavy (non-hydrogen) atoms. The molecule has 2 aliphatic heterocycles. The number of rotatable bonds is 2. The Bertz CT molecular complexity index is 1320. The van der Waals surface area contributed by atoms with Crippen molar-refractivity contribution >= 4 is 33.1 Å². The van der Waals surface area contributed by atoms with Crippen LogP contribution in [-0.2, 0) is 20.2 Å². The summed E-state index contributed by atoms with van der Waals surface area (Å²) in [5.74, 6) is -0.906. The number of hydrogen-bond acceptors (Lipinski definition) is 4. The normalized spacial score (nSPS) is 20.1. The standard InChI is InChI=1S/C23H18N2O4S/c1-15-10-12-16(13-11-15)30(28,29)25-14-23(18-7-3-5-9-20(18)25)21(26)17-6-2-4-8-19(17)24-22(23)27/h2-13H,14H2,1H3,(H,24,27). The number of carbonyl (C=O) groups excluding carboxylic acids is 2. The molecule has 5 rings (SSSR count). The van der Waals surface area contributed by atoms with Crippen molar-refractivity contribution in [2.45, 2.75) is 17.2 Å². The molecule has 1 unspecified atom stereocenters. The summed E-state index contributed by atoms with van der Waals surface area (Å²) in [5.41, 5.74) is 0.879. The van der Waals surface area contributed by atoms with Crippen molar-refractivity contribution in [1.29, 1.82) is 0 Å². The van der Waals surface area contributed by atoms with Crippen LogP contribution < -0.4 is 9.62 Å². The van der Waals surface area contributed by atoms with Gasteiger partial charge in [-0.25, -0.2) is 8.42 Å². The zero-order chi connectivity index (χ0) is 21.1. The van der Waals surface area contributed by atoms with E-state index >= 15 is 0 Å². The molecule has 2 heterocycles. The van der Waals surface area contributed by atoms with Crippen molar-refractivity contribution in [2.24, 2.45) is 0 Å². The minimum Gasteiger partial charge on any atom is -0.324 e. The van der Waals surface area contributed by atoms with E-state index in [1.54, 1.807) is 60.7 Å². The van der Waals surface area contributed by atoms with E-state index in [0.717, 1.165) is 5.56 Å². The number of amides is 1. The summed E-state index contributed by atoms with van der Waals surface area (Å²) in [5, 5.41) is 2.80. The molecular formula is C23H18N2O4S. The maximum atomic E-state index is 13.6. The fourth-order valence-corrected chi connectivity index (χ4v) is 5.75. The Morgan fingerprint density at radius 3 is 2.33 bits per heavy atom. The second kappa shape index (κ2) is 6.27. The second-order valence-electron chi connectivity index (χ2n) is 7.58. The highest BCUT2D eigenvalue weighted by atomic mass is 32.2.